The Hall–Kier alpha value is -1.62. The van der Waals surface area contributed by atoms with E-state index in [-0.39, 0.29) is 11.9 Å². The van der Waals surface area contributed by atoms with Crippen molar-refractivity contribution in [1.29, 1.82) is 0 Å². The fourth-order valence-electron chi connectivity index (χ4n) is 3.11. The third kappa shape index (κ3) is 5.50. The Balaban J connectivity index is 1.97. The van der Waals surface area contributed by atoms with Crippen LogP contribution >= 0.6 is 0 Å². The quantitative estimate of drug-likeness (QED) is 0.838. The predicted molar refractivity (Wildman–Crippen MR) is 94.9 cm³/mol. The van der Waals surface area contributed by atoms with Crippen LogP contribution in [-0.4, -0.2) is 55.6 Å². The van der Waals surface area contributed by atoms with E-state index in [9.17, 15) is 4.79 Å². The summed E-state index contributed by atoms with van der Waals surface area (Å²) in [7, 11) is 4.07. The molecule has 1 aromatic rings. The molecule has 1 aromatic heterocycles. The molecule has 0 spiro atoms. The van der Waals surface area contributed by atoms with E-state index < -0.39 is 0 Å². The molecule has 2 heterocycles. The van der Waals surface area contributed by atoms with Gasteiger partial charge in [0.2, 0.25) is 0 Å². The van der Waals surface area contributed by atoms with E-state index in [4.69, 9.17) is 0 Å². The van der Waals surface area contributed by atoms with Gasteiger partial charge in [0.1, 0.15) is 5.82 Å². The molecule has 128 valence electrons. The lowest BCUT2D eigenvalue weighted by Gasteiger charge is -2.24. The van der Waals surface area contributed by atoms with Crippen LogP contribution in [0, 0.1) is 5.92 Å². The van der Waals surface area contributed by atoms with Crippen LogP contribution in [0.4, 0.5) is 5.82 Å². The smallest absolute Gasteiger partial charge is 0.253 e. The molecule has 0 bridgehead atoms. The number of pyridine rings is 1. The minimum absolute atomic E-state index is 0.0297. The Morgan fingerprint density at radius 1 is 1.30 bits per heavy atom. The number of anilines is 1. The molecule has 0 saturated carbocycles. The van der Waals surface area contributed by atoms with Crippen LogP contribution in [0.3, 0.4) is 0 Å². The molecule has 1 aliphatic rings. The van der Waals surface area contributed by atoms with E-state index in [1.54, 1.807) is 6.20 Å². The lowest BCUT2D eigenvalue weighted by molar-refractivity contribution is 0.0924. The van der Waals surface area contributed by atoms with Crippen molar-refractivity contribution < 1.29 is 4.79 Å². The highest BCUT2D eigenvalue weighted by molar-refractivity contribution is 5.94. The van der Waals surface area contributed by atoms with E-state index in [1.807, 2.05) is 26.2 Å². The number of nitrogens with one attached hydrogen (secondary N) is 1. The van der Waals surface area contributed by atoms with Gasteiger partial charge in [-0.15, -0.1) is 0 Å². The molecule has 1 amide bonds. The Morgan fingerprint density at radius 2 is 2.00 bits per heavy atom. The zero-order valence-electron chi connectivity index (χ0n) is 14.9. The first-order valence-electron chi connectivity index (χ1n) is 8.62. The van der Waals surface area contributed by atoms with Gasteiger partial charge in [0.25, 0.3) is 5.91 Å². The van der Waals surface area contributed by atoms with Gasteiger partial charge in [-0.25, -0.2) is 4.98 Å². The van der Waals surface area contributed by atoms with Crippen LogP contribution in [0.25, 0.3) is 0 Å². The van der Waals surface area contributed by atoms with Crippen molar-refractivity contribution >= 4 is 11.7 Å². The molecule has 0 aromatic carbocycles. The summed E-state index contributed by atoms with van der Waals surface area (Å²) >= 11 is 0. The van der Waals surface area contributed by atoms with Gasteiger partial charge in [-0.2, -0.15) is 0 Å². The number of likely N-dealkylation sites (N-methyl/N-ethyl adjacent to an activating group) is 1. The van der Waals surface area contributed by atoms with Crippen molar-refractivity contribution in [2.45, 2.75) is 39.2 Å². The maximum atomic E-state index is 12.5. The molecule has 0 radical (unpaired) electrons. The number of carbonyl (C=O) groups excluding carboxylic acids is 1. The second-order valence-corrected chi connectivity index (χ2v) is 7.16. The second-order valence-electron chi connectivity index (χ2n) is 7.16. The fraction of sp³-hybridized carbons (Fsp3) is 0.667. The topological polar surface area (TPSA) is 48.5 Å². The number of rotatable bonds is 7. The van der Waals surface area contributed by atoms with Crippen LogP contribution < -0.4 is 10.2 Å². The third-order valence-corrected chi connectivity index (χ3v) is 4.12. The van der Waals surface area contributed by atoms with E-state index in [1.165, 1.54) is 12.8 Å². The molecular weight excluding hydrogens is 288 g/mol. The summed E-state index contributed by atoms with van der Waals surface area (Å²) in [5.41, 5.74) is 0.639. The first kappa shape index (κ1) is 17.7. The minimum Gasteiger partial charge on any atom is -0.357 e. The zero-order valence-corrected chi connectivity index (χ0v) is 14.9. The molecule has 2 rings (SSSR count). The Bertz CT molecular complexity index is 482. The number of nitrogens with zero attached hydrogens (tertiary/aromatic N) is 3. The van der Waals surface area contributed by atoms with Crippen LogP contribution in [0.2, 0.25) is 0 Å². The molecule has 23 heavy (non-hydrogen) atoms. The summed E-state index contributed by atoms with van der Waals surface area (Å²) < 4.78 is 0. The molecule has 1 atom stereocenters. The molecule has 5 nitrogen and oxygen atoms in total. The molecule has 1 N–H and O–H groups in total. The normalized spacial score (nSPS) is 16.2. The van der Waals surface area contributed by atoms with E-state index in [2.05, 4.69) is 33.9 Å². The highest BCUT2D eigenvalue weighted by Gasteiger charge is 2.17. The highest BCUT2D eigenvalue weighted by atomic mass is 16.1. The third-order valence-electron chi connectivity index (χ3n) is 4.12. The largest absolute Gasteiger partial charge is 0.357 e. The Morgan fingerprint density at radius 3 is 2.52 bits per heavy atom. The fourth-order valence-corrected chi connectivity index (χ4v) is 3.11. The van der Waals surface area contributed by atoms with Crippen LogP contribution in [0.15, 0.2) is 18.3 Å². The monoisotopic (exact) mass is 318 g/mol. The molecule has 1 fully saturated rings. The number of amides is 1. The van der Waals surface area contributed by atoms with Gasteiger partial charge in [0, 0.05) is 31.9 Å². The Kier molecular flexibility index (Phi) is 6.39. The van der Waals surface area contributed by atoms with Gasteiger partial charge in [-0.05, 0) is 51.4 Å². The summed E-state index contributed by atoms with van der Waals surface area (Å²) in [5, 5.41) is 3.15. The standard InChI is InChI=1S/C18H30N4O/c1-14(2)11-16(13-21(3)4)20-18(23)15-7-8-17(19-12-15)22-9-5-6-10-22/h7-8,12,14,16H,5-6,9-11,13H2,1-4H3,(H,20,23). The minimum atomic E-state index is -0.0297. The number of hydrogen-bond acceptors (Lipinski definition) is 4. The summed E-state index contributed by atoms with van der Waals surface area (Å²) in [6.45, 7) is 7.35. The lowest BCUT2D eigenvalue weighted by Crippen LogP contribution is -2.42. The zero-order chi connectivity index (χ0) is 16.8. The van der Waals surface area contributed by atoms with Gasteiger partial charge in [0.05, 0.1) is 5.56 Å². The molecule has 1 saturated heterocycles. The van der Waals surface area contributed by atoms with E-state index in [0.717, 1.165) is 31.9 Å². The van der Waals surface area contributed by atoms with Gasteiger partial charge >= 0.3 is 0 Å². The molecule has 1 aliphatic heterocycles. The SMILES string of the molecule is CC(C)CC(CN(C)C)NC(=O)c1ccc(N2CCCC2)nc1. The summed E-state index contributed by atoms with van der Waals surface area (Å²) in [6.07, 6.45) is 5.13. The summed E-state index contributed by atoms with van der Waals surface area (Å²) in [5.74, 6) is 1.50. The van der Waals surface area contributed by atoms with Crippen molar-refractivity contribution in [1.82, 2.24) is 15.2 Å². The predicted octanol–water partition coefficient (Wildman–Crippen LogP) is 2.39. The van der Waals surface area contributed by atoms with Crippen molar-refractivity contribution in [3.05, 3.63) is 23.9 Å². The number of hydrogen-bond donors (Lipinski definition) is 1. The summed E-state index contributed by atoms with van der Waals surface area (Å²) in [4.78, 5) is 21.3. The maximum absolute atomic E-state index is 12.5. The van der Waals surface area contributed by atoms with E-state index in [0.29, 0.717) is 11.5 Å². The average molecular weight is 318 g/mol. The van der Waals surface area contributed by atoms with Gasteiger partial charge < -0.3 is 15.1 Å². The average Bonchev–Trinajstić information content (AvgIpc) is 3.00. The second kappa shape index (κ2) is 8.29. The van der Waals surface area contributed by atoms with Gasteiger partial charge in [-0.1, -0.05) is 13.8 Å². The molecule has 0 aliphatic carbocycles. The van der Waals surface area contributed by atoms with Gasteiger partial charge in [0.15, 0.2) is 0 Å². The first-order valence-corrected chi connectivity index (χ1v) is 8.62. The molecular formula is C18H30N4O. The van der Waals surface area contributed by atoms with Crippen molar-refractivity contribution in [2.75, 3.05) is 38.6 Å². The van der Waals surface area contributed by atoms with Crippen molar-refractivity contribution in [3.8, 4) is 0 Å². The van der Waals surface area contributed by atoms with Crippen LogP contribution in [0.5, 0.6) is 0 Å². The van der Waals surface area contributed by atoms with Crippen LogP contribution in [-0.2, 0) is 0 Å². The van der Waals surface area contributed by atoms with Crippen molar-refractivity contribution in [3.63, 3.8) is 0 Å². The highest BCUT2D eigenvalue weighted by Crippen LogP contribution is 2.17. The van der Waals surface area contributed by atoms with Gasteiger partial charge in [-0.3, -0.25) is 4.79 Å². The number of aromatic nitrogens is 1. The van der Waals surface area contributed by atoms with Crippen LogP contribution in [0.1, 0.15) is 43.5 Å². The summed E-state index contributed by atoms with van der Waals surface area (Å²) in [6, 6.07) is 4.01. The molecule has 1 unspecified atom stereocenters. The van der Waals surface area contributed by atoms with Crippen molar-refractivity contribution in [2.24, 2.45) is 5.92 Å². The molecule has 5 heteroatoms. The number of carbonyl (C=O) groups is 1. The lowest BCUT2D eigenvalue weighted by atomic mass is 10.0. The maximum Gasteiger partial charge on any atom is 0.253 e. The van der Waals surface area contributed by atoms with E-state index >= 15 is 0 Å². The first-order chi connectivity index (χ1) is 11.0. The Labute approximate surface area is 140 Å².